The van der Waals surface area contributed by atoms with Gasteiger partial charge < -0.3 is 20.3 Å². The predicted octanol–water partition coefficient (Wildman–Crippen LogP) is -0.511. The molecule has 0 aromatic carbocycles. The smallest absolute Gasteiger partial charge is 0.239 e. The topological polar surface area (TPSA) is 84.6 Å². The van der Waals surface area contributed by atoms with E-state index in [0.29, 0.717) is 26.1 Å². The van der Waals surface area contributed by atoms with Crippen molar-refractivity contribution in [3.8, 4) is 0 Å². The number of carbonyl (C=O) groups excluding carboxylic acids is 1. The molecule has 2 heterocycles. The van der Waals surface area contributed by atoms with Crippen molar-refractivity contribution in [1.82, 2.24) is 14.9 Å². The van der Waals surface area contributed by atoms with E-state index in [4.69, 9.17) is 10.5 Å². The number of rotatable bonds is 5. The van der Waals surface area contributed by atoms with Crippen LogP contribution in [0.25, 0.3) is 0 Å². The highest BCUT2D eigenvalue weighted by Crippen LogP contribution is 2.12. The van der Waals surface area contributed by atoms with Crippen LogP contribution in [-0.2, 0) is 9.53 Å². The Hall–Kier alpha value is -1.73. The Balaban J connectivity index is 1.83. The molecule has 7 nitrogen and oxygen atoms in total. The van der Waals surface area contributed by atoms with Gasteiger partial charge in [0.25, 0.3) is 0 Å². The molecule has 1 aromatic heterocycles. The number of anilines is 1. The molecule has 0 aliphatic carbocycles. The first-order valence-electron chi connectivity index (χ1n) is 6.76. The molecule has 1 unspecified atom stereocenters. The molecule has 2 N–H and O–H groups in total. The van der Waals surface area contributed by atoms with Crippen LogP contribution in [0.15, 0.2) is 18.6 Å². The van der Waals surface area contributed by atoms with Crippen molar-refractivity contribution in [3.63, 3.8) is 0 Å². The second kappa shape index (κ2) is 7.16. The lowest BCUT2D eigenvalue weighted by atomic mass is 10.2. The van der Waals surface area contributed by atoms with Crippen LogP contribution in [0.3, 0.4) is 0 Å². The molecule has 0 radical (unpaired) electrons. The minimum absolute atomic E-state index is 0.000783. The molecule has 110 valence electrons. The Morgan fingerprint density at radius 3 is 2.75 bits per heavy atom. The van der Waals surface area contributed by atoms with Crippen LogP contribution in [0, 0.1) is 0 Å². The summed E-state index contributed by atoms with van der Waals surface area (Å²) in [6.45, 7) is 3.33. The Morgan fingerprint density at radius 1 is 1.40 bits per heavy atom. The number of nitrogens with zero attached hydrogens (tertiary/aromatic N) is 4. The number of carbonyl (C=O) groups is 1. The van der Waals surface area contributed by atoms with E-state index in [0.717, 1.165) is 18.9 Å². The van der Waals surface area contributed by atoms with Gasteiger partial charge in [-0.3, -0.25) is 9.78 Å². The fourth-order valence-electron chi connectivity index (χ4n) is 2.21. The van der Waals surface area contributed by atoms with Gasteiger partial charge >= 0.3 is 0 Å². The van der Waals surface area contributed by atoms with E-state index in [-0.39, 0.29) is 5.91 Å². The Labute approximate surface area is 118 Å². The van der Waals surface area contributed by atoms with Gasteiger partial charge in [-0.25, -0.2) is 4.98 Å². The molecule has 20 heavy (non-hydrogen) atoms. The highest BCUT2D eigenvalue weighted by Gasteiger charge is 2.25. The second-order valence-electron chi connectivity index (χ2n) is 4.76. The number of ether oxygens (including phenoxy) is 1. The molecule has 1 saturated heterocycles. The number of methoxy groups -OCH3 is 1. The van der Waals surface area contributed by atoms with Crippen molar-refractivity contribution < 1.29 is 9.53 Å². The van der Waals surface area contributed by atoms with Gasteiger partial charge in [-0.1, -0.05) is 0 Å². The maximum Gasteiger partial charge on any atom is 0.239 e. The van der Waals surface area contributed by atoms with Crippen LogP contribution in [0.2, 0.25) is 0 Å². The van der Waals surface area contributed by atoms with Crippen LogP contribution in [-0.4, -0.2) is 66.7 Å². The summed E-state index contributed by atoms with van der Waals surface area (Å²) < 4.78 is 4.95. The average molecular weight is 279 g/mol. The summed E-state index contributed by atoms with van der Waals surface area (Å²) in [5, 5.41) is 0. The Kier molecular flexibility index (Phi) is 5.25. The number of amides is 1. The van der Waals surface area contributed by atoms with Gasteiger partial charge in [0.05, 0.1) is 12.2 Å². The van der Waals surface area contributed by atoms with Crippen LogP contribution in [0.4, 0.5) is 5.82 Å². The summed E-state index contributed by atoms with van der Waals surface area (Å²) >= 11 is 0. The van der Waals surface area contributed by atoms with Gasteiger partial charge in [0, 0.05) is 52.3 Å². The zero-order valence-corrected chi connectivity index (χ0v) is 11.7. The first kappa shape index (κ1) is 14.7. The van der Waals surface area contributed by atoms with E-state index in [1.54, 1.807) is 25.7 Å². The molecule has 0 bridgehead atoms. The molecule has 1 aliphatic heterocycles. The third-order valence-electron chi connectivity index (χ3n) is 3.42. The minimum Gasteiger partial charge on any atom is -0.385 e. The highest BCUT2D eigenvalue weighted by molar-refractivity contribution is 5.81. The predicted molar refractivity (Wildman–Crippen MR) is 75.3 cm³/mol. The van der Waals surface area contributed by atoms with Crippen molar-refractivity contribution in [2.75, 3.05) is 44.8 Å². The summed E-state index contributed by atoms with van der Waals surface area (Å²) in [6, 6.07) is -0.474. The number of nitrogens with two attached hydrogens (primary N) is 1. The van der Waals surface area contributed by atoms with Gasteiger partial charge in [-0.05, 0) is 6.42 Å². The van der Waals surface area contributed by atoms with Gasteiger partial charge in [0.2, 0.25) is 5.91 Å². The molecule has 7 heteroatoms. The zero-order valence-electron chi connectivity index (χ0n) is 11.7. The standard InChI is InChI=1S/C13H21N5O2/c1-20-9-2-11(14)13(19)18-7-5-17(6-8-18)12-10-15-3-4-16-12/h3-4,10-11H,2,5-9,14H2,1H3. The average Bonchev–Trinajstić information content (AvgIpc) is 2.53. The largest absolute Gasteiger partial charge is 0.385 e. The van der Waals surface area contributed by atoms with Crippen molar-refractivity contribution in [2.24, 2.45) is 5.73 Å². The first-order chi connectivity index (χ1) is 9.72. The van der Waals surface area contributed by atoms with Crippen molar-refractivity contribution in [2.45, 2.75) is 12.5 Å². The quantitative estimate of drug-likeness (QED) is 0.781. The van der Waals surface area contributed by atoms with Crippen LogP contribution in [0.1, 0.15) is 6.42 Å². The van der Waals surface area contributed by atoms with Crippen molar-refractivity contribution in [1.29, 1.82) is 0 Å². The molecule has 1 fully saturated rings. The van der Waals surface area contributed by atoms with Crippen LogP contribution < -0.4 is 10.6 Å². The van der Waals surface area contributed by atoms with E-state index in [1.807, 2.05) is 4.90 Å². The van der Waals surface area contributed by atoms with Crippen molar-refractivity contribution >= 4 is 11.7 Å². The molecule has 1 aliphatic rings. The normalized spacial score (nSPS) is 17.1. The van der Waals surface area contributed by atoms with Gasteiger partial charge in [0.15, 0.2) is 0 Å². The van der Waals surface area contributed by atoms with E-state index < -0.39 is 6.04 Å². The lowest BCUT2D eigenvalue weighted by Crippen LogP contribution is -2.53. The molecule has 1 atom stereocenters. The first-order valence-corrected chi connectivity index (χ1v) is 6.76. The lowest BCUT2D eigenvalue weighted by molar-refractivity contribution is -0.133. The summed E-state index contributed by atoms with van der Waals surface area (Å²) in [5.74, 6) is 0.851. The van der Waals surface area contributed by atoms with E-state index in [9.17, 15) is 4.79 Å². The van der Waals surface area contributed by atoms with Crippen LogP contribution in [0.5, 0.6) is 0 Å². The maximum atomic E-state index is 12.1. The molecule has 1 aromatic rings. The molecule has 0 spiro atoms. The summed E-state index contributed by atoms with van der Waals surface area (Å²) in [5.41, 5.74) is 5.87. The van der Waals surface area contributed by atoms with E-state index in [2.05, 4.69) is 14.9 Å². The number of hydrogen-bond acceptors (Lipinski definition) is 6. The maximum absolute atomic E-state index is 12.1. The van der Waals surface area contributed by atoms with Gasteiger partial charge in [0.1, 0.15) is 5.82 Å². The van der Waals surface area contributed by atoms with Gasteiger partial charge in [-0.15, -0.1) is 0 Å². The SMILES string of the molecule is COCCC(N)C(=O)N1CCN(c2cnccn2)CC1. The lowest BCUT2D eigenvalue weighted by Gasteiger charge is -2.36. The monoisotopic (exact) mass is 279 g/mol. The summed E-state index contributed by atoms with van der Waals surface area (Å²) in [6.07, 6.45) is 5.62. The molecule has 0 saturated carbocycles. The third kappa shape index (κ3) is 3.64. The molecule has 1 amide bonds. The number of piperazine rings is 1. The molecule has 2 rings (SSSR count). The Bertz CT molecular complexity index is 420. The molecular formula is C13H21N5O2. The van der Waals surface area contributed by atoms with Gasteiger partial charge in [-0.2, -0.15) is 0 Å². The second-order valence-corrected chi connectivity index (χ2v) is 4.76. The zero-order chi connectivity index (χ0) is 14.4. The fourth-order valence-corrected chi connectivity index (χ4v) is 2.21. The highest BCUT2D eigenvalue weighted by atomic mass is 16.5. The number of hydrogen-bond donors (Lipinski definition) is 1. The number of aromatic nitrogens is 2. The molecular weight excluding hydrogens is 258 g/mol. The van der Waals surface area contributed by atoms with Crippen LogP contribution >= 0.6 is 0 Å². The summed E-state index contributed by atoms with van der Waals surface area (Å²) in [4.78, 5) is 24.4. The van der Waals surface area contributed by atoms with E-state index in [1.165, 1.54) is 0 Å². The fraction of sp³-hybridized carbons (Fsp3) is 0.615. The summed E-state index contributed by atoms with van der Waals surface area (Å²) in [7, 11) is 1.61. The van der Waals surface area contributed by atoms with Crippen molar-refractivity contribution in [3.05, 3.63) is 18.6 Å². The minimum atomic E-state index is -0.474. The Morgan fingerprint density at radius 2 is 2.15 bits per heavy atom. The van der Waals surface area contributed by atoms with E-state index >= 15 is 0 Å². The third-order valence-corrected chi connectivity index (χ3v) is 3.42.